The van der Waals surface area contributed by atoms with Crippen LogP contribution in [0.3, 0.4) is 0 Å². The number of fused-ring (bicyclic) bond motifs is 1. The van der Waals surface area contributed by atoms with Crippen LogP contribution in [0.1, 0.15) is 15.9 Å². The SMILES string of the molecule is O=C(Cc1cc(Cl)ccc1Cl)c1ccc2ccccc2c1. The van der Waals surface area contributed by atoms with Crippen LogP contribution in [0.25, 0.3) is 10.8 Å². The van der Waals surface area contributed by atoms with E-state index in [1.165, 1.54) is 0 Å². The molecular formula is C18H12Cl2O. The molecule has 3 heteroatoms. The summed E-state index contributed by atoms with van der Waals surface area (Å²) < 4.78 is 0. The maximum Gasteiger partial charge on any atom is 0.167 e. The Kier molecular flexibility index (Phi) is 3.96. The van der Waals surface area contributed by atoms with E-state index >= 15 is 0 Å². The molecule has 0 saturated carbocycles. The van der Waals surface area contributed by atoms with Gasteiger partial charge in [0.05, 0.1) is 0 Å². The van der Waals surface area contributed by atoms with Gasteiger partial charge in [-0.15, -0.1) is 0 Å². The molecule has 0 heterocycles. The third kappa shape index (κ3) is 3.10. The normalized spacial score (nSPS) is 10.8. The van der Waals surface area contributed by atoms with E-state index in [-0.39, 0.29) is 12.2 Å². The number of hydrogen-bond acceptors (Lipinski definition) is 1. The molecule has 1 nitrogen and oxygen atoms in total. The number of Topliss-reactive ketones (excluding diaryl/α,β-unsaturated/α-hetero) is 1. The number of ketones is 1. The van der Waals surface area contributed by atoms with Crippen LogP contribution in [-0.4, -0.2) is 5.78 Å². The molecule has 3 aromatic rings. The van der Waals surface area contributed by atoms with Gasteiger partial charge in [-0.3, -0.25) is 4.79 Å². The van der Waals surface area contributed by atoms with E-state index < -0.39 is 0 Å². The second kappa shape index (κ2) is 5.88. The maximum absolute atomic E-state index is 12.4. The van der Waals surface area contributed by atoms with E-state index in [0.717, 1.165) is 16.3 Å². The summed E-state index contributed by atoms with van der Waals surface area (Å²) >= 11 is 12.1. The van der Waals surface area contributed by atoms with Crippen LogP contribution in [0.2, 0.25) is 10.0 Å². The lowest BCUT2D eigenvalue weighted by Crippen LogP contribution is -2.04. The fraction of sp³-hybridized carbons (Fsp3) is 0.0556. The number of rotatable bonds is 3. The number of carbonyl (C=O) groups is 1. The van der Waals surface area contributed by atoms with Crippen molar-refractivity contribution < 1.29 is 4.79 Å². The monoisotopic (exact) mass is 314 g/mol. The molecule has 0 fully saturated rings. The molecule has 0 aromatic heterocycles. The molecule has 0 atom stereocenters. The summed E-state index contributed by atoms with van der Waals surface area (Å²) in [5.74, 6) is 0.0323. The Morgan fingerprint density at radius 2 is 1.62 bits per heavy atom. The highest BCUT2D eigenvalue weighted by molar-refractivity contribution is 6.33. The summed E-state index contributed by atoms with van der Waals surface area (Å²) in [6.07, 6.45) is 0.248. The topological polar surface area (TPSA) is 17.1 Å². The first kappa shape index (κ1) is 14.1. The predicted octanol–water partition coefficient (Wildman–Crippen LogP) is 5.57. The molecule has 104 valence electrons. The van der Waals surface area contributed by atoms with E-state index in [1.807, 2.05) is 42.5 Å². The van der Waals surface area contributed by atoms with Crippen LogP contribution >= 0.6 is 23.2 Å². The van der Waals surface area contributed by atoms with Gasteiger partial charge in [-0.05, 0) is 40.6 Å². The van der Waals surface area contributed by atoms with E-state index in [9.17, 15) is 4.79 Å². The summed E-state index contributed by atoms with van der Waals surface area (Å²) in [4.78, 5) is 12.4. The molecule has 0 saturated heterocycles. The van der Waals surface area contributed by atoms with Crippen molar-refractivity contribution in [3.63, 3.8) is 0 Å². The smallest absolute Gasteiger partial charge is 0.167 e. The minimum atomic E-state index is 0.0323. The Bertz CT molecular complexity index is 824. The highest BCUT2D eigenvalue weighted by Gasteiger charge is 2.11. The number of halogens is 2. The molecular weight excluding hydrogens is 303 g/mol. The summed E-state index contributed by atoms with van der Waals surface area (Å²) in [5.41, 5.74) is 1.44. The molecule has 0 aliphatic carbocycles. The summed E-state index contributed by atoms with van der Waals surface area (Å²) in [5, 5.41) is 3.32. The van der Waals surface area contributed by atoms with Crippen molar-refractivity contribution in [3.8, 4) is 0 Å². The van der Waals surface area contributed by atoms with Gasteiger partial charge in [-0.25, -0.2) is 0 Å². The molecule has 0 bridgehead atoms. The lowest BCUT2D eigenvalue weighted by molar-refractivity contribution is 0.0993. The highest BCUT2D eigenvalue weighted by Crippen LogP contribution is 2.23. The maximum atomic E-state index is 12.4. The fourth-order valence-corrected chi connectivity index (χ4v) is 2.70. The van der Waals surface area contributed by atoms with Crippen LogP contribution < -0.4 is 0 Å². The van der Waals surface area contributed by atoms with E-state index in [0.29, 0.717) is 15.6 Å². The molecule has 3 aromatic carbocycles. The summed E-state index contributed by atoms with van der Waals surface area (Å²) in [7, 11) is 0. The van der Waals surface area contributed by atoms with Crippen LogP contribution in [0.4, 0.5) is 0 Å². The molecule has 0 N–H and O–H groups in total. The Morgan fingerprint density at radius 1 is 0.857 bits per heavy atom. The molecule has 0 aliphatic rings. The first-order valence-corrected chi connectivity index (χ1v) is 7.35. The highest BCUT2D eigenvalue weighted by atomic mass is 35.5. The van der Waals surface area contributed by atoms with Crippen LogP contribution in [0, 0.1) is 0 Å². The molecule has 0 radical (unpaired) electrons. The van der Waals surface area contributed by atoms with Crippen molar-refractivity contribution in [2.24, 2.45) is 0 Å². The molecule has 0 spiro atoms. The van der Waals surface area contributed by atoms with E-state index in [2.05, 4.69) is 0 Å². The van der Waals surface area contributed by atoms with Crippen molar-refractivity contribution in [3.05, 3.63) is 81.8 Å². The predicted molar refractivity (Wildman–Crippen MR) is 88.4 cm³/mol. The van der Waals surface area contributed by atoms with Crippen LogP contribution in [0.5, 0.6) is 0 Å². The van der Waals surface area contributed by atoms with Gasteiger partial charge in [0, 0.05) is 22.0 Å². The fourth-order valence-electron chi connectivity index (χ4n) is 2.32. The third-order valence-electron chi connectivity index (χ3n) is 3.43. The molecule has 3 rings (SSSR count). The van der Waals surface area contributed by atoms with Crippen molar-refractivity contribution in [1.29, 1.82) is 0 Å². The zero-order valence-electron chi connectivity index (χ0n) is 11.1. The van der Waals surface area contributed by atoms with Crippen molar-refractivity contribution in [2.75, 3.05) is 0 Å². The van der Waals surface area contributed by atoms with Crippen molar-refractivity contribution >= 4 is 39.8 Å². The number of carbonyl (C=O) groups excluding carboxylic acids is 1. The second-order valence-corrected chi connectivity index (χ2v) is 5.74. The van der Waals surface area contributed by atoms with Gasteiger partial charge in [-0.2, -0.15) is 0 Å². The standard InChI is InChI=1S/C18H12Cl2O/c19-16-7-8-17(20)15(10-16)11-18(21)14-6-5-12-3-1-2-4-13(12)9-14/h1-10H,11H2. The average molecular weight is 315 g/mol. The van der Waals surface area contributed by atoms with Crippen LogP contribution in [0.15, 0.2) is 60.7 Å². The third-order valence-corrected chi connectivity index (χ3v) is 4.03. The first-order valence-electron chi connectivity index (χ1n) is 6.59. The Hall–Kier alpha value is -1.83. The largest absolute Gasteiger partial charge is 0.294 e. The Balaban J connectivity index is 1.91. The molecule has 21 heavy (non-hydrogen) atoms. The Labute approximate surface area is 133 Å². The minimum absolute atomic E-state index is 0.0323. The zero-order chi connectivity index (χ0) is 14.8. The van der Waals surface area contributed by atoms with Gasteiger partial charge in [0.25, 0.3) is 0 Å². The van der Waals surface area contributed by atoms with Crippen molar-refractivity contribution in [1.82, 2.24) is 0 Å². The van der Waals surface area contributed by atoms with Crippen LogP contribution in [-0.2, 0) is 6.42 Å². The first-order chi connectivity index (χ1) is 10.1. The number of hydrogen-bond donors (Lipinski definition) is 0. The molecule has 0 amide bonds. The van der Waals surface area contributed by atoms with Gasteiger partial charge in [0.15, 0.2) is 5.78 Å². The van der Waals surface area contributed by atoms with Crippen molar-refractivity contribution in [2.45, 2.75) is 6.42 Å². The lowest BCUT2D eigenvalue weighted by Gasteiger charge is -2.06. The lowest BCUT2D eigenvalue weighted by atomic mass is 10.00. The minimum Gasteiger partial charge on any atom is -0.294 e. The van der Waals surface area contributed by atoms with E-state index in [1.54, 1.807) is 18.2 Å². The van der Waals surface area contributed by atoms with Gasteiger partial charge < -0.3 is 0 Å². The number of benzene rings is 3. The average Bonchev–Trinajstić information content (AvgIpc) is 2.50. The van der Waals surface area contributed by atoms with Gasteiger partial charge in [0.2, 0.25) is 0 Å². The van der Waals surface area contributed by atoms with E-state index in [4.69, 9.17) is 23.2 Å². The van der Waals surface area contributed by atoms with Gasteiger partial charge >= 0.3 is 0 Å². The quantitative estimate of drug-likeness (QED) is 0.577. The van der Waals surface area contributed by atoms with Gasteiger partial charge in [-0.1, -0.05) is 59.6 Å². The van der Waals surface area contributed by atoms with Gasteiger partial charge in [0.1, 0.15) is 0 Å². The Morgan fingerprint density at radius 3 is 2.43 bits per heavy atom. The molecule has 0 aliphatic heterocycles. The zero-order valence-corrected chi connectivity index (χ0v) is 12.7. The summed E-state index contributed by atoms with van der Waals surface area (Å²) in [6, 6.07) is 18.9. The summed E-state index contributed by atoms with van der Waals surface area (Å²) in [6.45, 7) is 0. The molecule has 0 unspecified atom stereocenters. The second-order valence-electron chi connectivity index (χ2n) is 4.90.